The SMILES string of the molecule is CCC=CC(=O)OCCC(C)C. The molecule has 0 aromatic heterocycles. The van der Waals surface area contributed by atoms with Crippen LogP contribution in [0.1, 0.15) is 33.6 Å². The molecule has 0 aromatic carbocycles. The van der Waals surface area contributed by atoms with Crippen LogP contribution in [-0.4, -0.2) is 12.6 Å². The highest BCUT2D eigenvalue weighted by Gasteiger charge is 1.97. The van der Waals surface area contributed by atoms with Crippen molar-refractivity contribution >= 4 is 5.97 Å². The normalized spacial score (nSPS) is 11.0. The minimum atomic E-state index is -0.225. The van der Waals surface area contributed by atoms with Gasteiger partial charge in [-0.05, 0) is 18.8 Å². The van der Waals surface area contributed by atoms with Gasteiger partial charge in [0.05, 0.1) is 6.61 Å². The Labute approximate surface area is 74.6 Å². The van der Waals surface area contributed by atoms with E-state index in [-0.39, 0.29) is 5.97 Å². The molecule has 0 spiro atoms. The van der Waals surface area contributed by atoms with Crippen LogP contribution >= 0.6 is 0 Å². The predicted octanol–water partition coefficient (Wildman–Crippen LogP) is 2.54. The van der Waals surface area contributed by atoms with Gasteiger partial charge < -0.3 is 4.74 Å². The van der Waals surface area contributed by atoms with E-state index in [0.717, 1.165) is 12.8 Å². The van der Waals surface area contributed by atoms with Crippen molar-refractivity contribution in [1.29, 1.82) is 0 Å². The summed E-state index contributed by atoms with van der Waals surface area (Å²) >= 11 is 0. The van der Waals surface area contributed by atoms with E-state index >= 15 is 0 Å². The molecular formula is C10H18O2. The Hall–Kier alpha value is -0.790. The standard InChI is InChI=1S/C10H18O2/c1-4-5-6-10(11)12-8-7-9(2)3/h5-6,9H,4,7-8H2,1-3H3. The third-order valence-electron chi connectivity index (χ3n) is 1.43. The number of rotatable bonds is 5. The number of allylic oxidation sites excluding steroid dienone is 1. The summed E-state index contributed by atoms with van der Waals surface area (Å²) in [6.45, 7) is 6.73. The maximum atomic E-state index is 10.9. The van der Waals surface area contributed by atoms with Crippen LogP contribution in [0.25, 0.3) is 0 Å². The van der Waals surface area contributed by atoms with Crippen molar-refractivity contribution in [3.8, 4) is 0 Å². The van der Waals surface area contributed by atoms with E-state index in [1.165, 1.54) is 6.08 Å². The largest absolute Gasteiger partial charge is 0.463 e. The highest BCUT2D eigenvalue weighted by molar-refractivity contribution is 5.81. The van der Waals surface area contributed by atoms with Crippen LogP contribution in [0.2, 0.25) is 0 Å². The van der Waals surface area contributed by atoms with Gasteiger partial charge in [-0.1, -0.05) is 26.8 Å². The van der Waals surface area contributed by atoms with E-state index in [9.17, 15) is 4.79 Å². The third-order valence-corrected chi connectivity index (χ3v) is 1.43. The lowest BCUT2D eigenvalue weighted by molar-refractivity contribution is -0.138. The summed E-state index contributed by atoms with van der Waals surface area (Å²) in [5.74, 6) is 0.366. The summed E-state index contributed by atoms with van der Waals surface area (Å²) < 4.78 is 4.93. The van der Waals surface area contributed by atoms with Crippen LogP contribution in [-0.2, 0) is 9.53 Å². The maximum absolute atomic E-state index is 10.9. The van der Waals surface area contributed by atoms with Gasteiger partial charge in [0.15, 0.2) is 0 Å². The topological polar surface area (TPSA) is 26.3 Å². The maximum Gasteiger partial charge on any atom is 0.330 e. The Morgan fingerprint density at radius 3 is 2.67 bits per heavy atom. The van der Waals surface area contributed by atoms with Crippen molar-refractivity contribution in [3.63, 3.8) is 0 Å². The number of esters is 1. The second-order valence-electron chi connectivity index (χ2n) is 3.16. The van der Waals surface area contributed by atoms with Crippen molar-refractivity contribution in [3.05, 3.63) is 12.2 Å². The fourth-order valence-corrected chi connectivity index (χ4v) is 0.657. The molecule has 0 amide bonds. The lowest BCUT2D eigenvalue weighted by Crippen LogP contribution is -2.04. The lowest BCUT2D eigenvalue weighted by atomic mass is 10.1. The molecule has 0 aliphatic heterocycles. The molecule has 70 valence electrons. The first-order valence-corrected chi connectivity index (χ1v) is 4.50. The average Bonchev–Trinajstić information content (AvgIpc) is 2.00. The van der Waals surface area contributed by atoms with Crippen LogP contribution in [0.4, 0.5) is 0 Å². The Bertz CT molecular complexity index is 148. The minimum absolute atomic E-state index is 0.225. The number of hydrogen-bond donors (Lipinski definition) is 0. The van der Waals surface area contributed by atoms with Gasteiger partial charge in [-0.25, -0.2) is 4.79 Å². The van der Waals surface area contributed by atoms with E-state index in [1.807, 2.05) is 6.92 Å². The molecule has 12 heavy (non-hydrogen) atoms. The van der Waals surface area contributed by atoms with Gasteiger partial charge in [0.25, 0.3) is 0 Å². The zero-order valence-electron chi connectivity index (χ0n) is 8.17. The van der Waals surface area contributed by atoms with E-state index in [0.29, 0.717) is 12.5 Å². The molecule has 0 heterocycles. The first kappa shape index (κ1) is 11.2. The van der Waals surface area contributed by atoms with Crippen LogP contribution in [0.5, 0.6) is 0 Å². The molecule has 0 radical (unpaired) electrons. The molecule has 0 atom stereocenters. The van der Waals surface area contributed by atoms with Crippen LogP contribution in [0.3, 0.4) is 0 Å². The van der Waals surface area contributed by atoms with Gasteiger partial charge in [-0.3, -0.25) is 0 Å². The molecule has 0 aromatic rings. The van der Waals surface area contributed by atoms with Crippen LogP contribution in [0.15, 0.2) is 12.2 Å². The molecule has 0 saturated heterocycles. The molecule has 0 aliphatic rings. The molecular weight excluding hydrogens is 152 g/mol. The van der Waals surface area contributed by atoms with E-state index in [2.05, 4.69) is 13.8 Å². The number of ether oxygens (including phenoxy) is 1. The summed E-state index contributed by atoms with van der Waals surface area (Å²) in [6, 6.07) is 0. The predicted molar refractivity (Wildman–Crippen MR) is 49.8 cm³/mol. The minimum Gasteiger partial charge on any atom is -0.463 e. The average molecular weight is 170 g/mol. The molecule has 0 unspecified atom stereocenters. The zero-order valence-corrected chi connectivity index (χ0v) is 8.17. The molecule has 2 nitrogen and oxygen atoms in total. The fraction of sp³-hybridized carbons (Fsp3) is 0.700. The Kier molecular flexibility index (Phi) is 6.44. The van der Waals surface area contributed by atoms with Gasteiger partial charge in [-0.15, -0.1) is 0 Å². The number of carbonyl (C=O) groups is 1. The second-order valence-corrected chi connectivity index (χ2v) is 3.16. The monoisotopic (exact) mass is 170 g/mol. The molecule has 0 aliphatic carbocycles. The van der Waals surface area contributed by atoms with Crippen molar-refractivity contribution in [2.24, 2.45) is 5.92 Å². The smallest absolute Gasteiger partial charge is 0.330 e. The van der Waals surface area contributed by atoms with E-state index < -0.39 is 0 Å². The Morgan fingerprint density at radius 1 is 1.50 bits per heavy atom. The van der Waals surface area contributed by atoms with Gasteiger partial charge >= 0.3 is 5.97 Å². The van der Waals surface area contributed by atoms with E-state index in [1.54, 1.807) is 6.08 Å². The van der Waals surface area contributed by atoms with Gasteiger partial charge in [-0.2, -0.15) is 0 Å². The van der Waals surface area contributed by atoms with Crippen LogP contribution < -0.4 is 0 Å². The molecule has 0 fully saturated rings. The molecule has 0 rings (SSSR count). The summed E-state index contributed by atoms with van der Waals surface area (Å²) in [4.78, 5) is 10.9. The molecule has 0 saturated carbocycles. The van der Waals surface area contributed by atoms with Crippen molar-refractivity contribution in [1.82, 2.24) is 0 Å². The Morgan fingerprint density at radius 2 is 2.17 bits per heavy atom. The molecule has 0 N–H and O–H groups in total. The van der Waals surface area contributed by atoms with Crippen LogP contribution in [0, 0.1) is 5.92 Å². The summed E-state index contributed by atoms with van der Waals surface area (Å²) in [5.41, 5.74) is 0. The second kappa shape index (κ2) is 6.89. The number of carbonyl (C=O) groups excluding carboxylic acids is 1. The van der Waals surface area contributed by atoms with Crippen molar-refractivity contribution in [2.45, 2.75) is 33.6 Å². The summed E-state index contributed by atoms with van der Waals surface area (Å²) in [5, 5.41) is 0. The molecule has 2 heteroatoms. The quantitative estimate of drug-likeness (QED) is 0.468. The fourth-order valence-electron chi connectivity index (χ4n) is 0.657. The number of hydrogen-bond acceptors (Lipinski definition) is 2. The first-order valence-electron chi connectivity index (χ1n) is 4.50. The Balaban J connectivity index is 3.38. The summed E-state index contributed by atoms with van der Waals surface area (Å²) in [7, 11) is 0. The summed E-state index contributed by atoms with van der Waals surface area (Å²) in [6.07, 6.45) is 5.10. The zero-order chi connectivity index (χ0) is 9.40. The highest BCUT2D eigenvalue weighted by Crippen LogP contribution is 1.99. The van der Waals surface area contributed by atoms with E-state index in [4.69, 9.17) is 4.74 Å². The first-order chi connectivity index (χ1) is 5.66. The van der Waals surface area contributed by atoms with Gasteiger partial charge in [0.2, 0.25) is 0 Å². The van der Waals surface area contributed by atoms with Crippen molar-refractivity contribution in [2.75, 3.05) is 6.61 Å². The van der Waals surface area contributed by atoms with Crippen molar-refractivity contribution < 1.29 is 9.53 Å². The third kappa shape index (κ3) is 7.32. The lowest BCUT2D eigenvalue weighted by Gasteiger charge is -2.03. The molecule has 0 bridgehead atoms. The highest BCUT2D eigenvalue weighted by atomic mass is 16.5. The van der Waals surface area contributed by atoms with Gasteiger partial charge in [0, 0.05) is 6.08 Å². The van der Waals surface area contributed by atoms with Gasteiger partial charge in [0.1, 0.15) is 0 Å².